The molecule has 0 N–H and O–H groups in total. The molecule has 2 unspecified atom stereocenters. The van der Waals surface area contributed by atoms with Crippen molar-refractivity contribution in [2.45, 2.75) is 82.0 Å². The van der Waals surface area contributed by atoms with Gasteiger partial charge in [0.2, 0.25) is 0 Å². The van der Waals surface area contributed by atoms with Crippen LogP contribution in [-0.2, 0) is 23.4 Å². The maximum atomic E-state index is 13.6. The van der Waals surface area contributed by atoms with Crippen LogP contribution in [0.2, 0.25) is 0 Å². The topological polar surface area (TPSA) is 84.9 Å². The molecule has 0 spiro atoms. The van der Waals surface area contributed by atoms with Crippen LogP contribution >= 0.6 is 12.0 Å². The Hall–Kier alpha value is -0.930. The minimum absolute atomic E-state index is 0.0502. The summed E-state index contributed by atoms with van der Waals surface area (Å²) in [6.45, 7) is 2.06. The highest BCUT2D eigenvalue weighted by Crippen LogP contribution is 2.63. The average Bonchev–Trinajstić information content (AvgIpc) is 2.65. The number of alkyl halides is 2. The van der Waals surface area contributed by atoms with Gasteiger partial charge < -0.3 is 19.1 Å². The first-order valence-corrected chi connectivity index (χ1v) is 11.6. The van der Waals surface area contributed by atoms with Crippen LogP contribution in [0.5, 0.6) is 0 Å². The summed E-state index contributed by atoms with van der Waals surface area (Å²) in [7, 11) is 0. The largest absolute Gasteiger partial charge is 0.710 e. The molecule has 0 aromatic carbocycles. The number of hydrogen-bond acceptors (Lipinski definition) is 7. The van der Waals surface area contributed by atoms with Crippen molar-refractivity contribution >= 4 is 24.0 Å². The lowest BCUT2D eigenvalue weighted by Crippen LogP contribution is -2.59. The molecule has 30 heavy (non-hydrogen) atoms. The van der Waals surface area contributed by atoms with Gasteiger partial charge in [-0.3, -0.25) is 4.79 Å². The summed E-state index contributed by atoms with van der Waals surface area (Å²) in [6, 6.07) is 0. The standard InChI is InChI=1S/C21H30F2O6S/c1-13-2-4-16(5-3-13)17(24)28-20-9-14-6-15(10-20)8-19(7-14,11-20)12-27-18(25)21(22,23)30-29-26/h13-16,26H,2-12H2,1H3/p-1. The third kappa shape index (κ3) is 4.48. The lowest BCUT2D eigenvalue weighted by molar-refractivity contribution is -0.630. The highest BCUT2D eigenvalue weighted by atomic mass is 32.2. The van der Waals surface area contributed by atoms with E-state index in [4.69, 9.17) is 9.47 Å². The Morgan fingerprint density at radius 3 is 2.33 bits per heavy atom. The molecule has 2 atom stereocenters. The van der Waals surface area contributed by atoms with Gasteiger partial charge in [-0.05, 0) is 82.0 Å². The molecular formula is C21H29F2O6S-. The Labute approximate surface area is 179 Å². The number of rotatable bonds is 7. The molecule has 0 saturated heterocycles. The third-order valence-corrected chi connectivity index (χ3v) is 8.12. The predicted octanol–water partition coefficient (Wildman–Crippen LogP) is 3.77. The van der Waals surface area contributed by atoms with E-state index in [0.717, 1.165) is 57.8 Å². The van der Waals surface area contributed by atoms with Crippen molar-refractivity contribution in [2.75, 3.05) is 6.61 Å². The van der Waals surface area contributed by atoms with Gasteiger partial charge in [0.05, 0.1) is 24.6 Å². The first-order chi connectivity index (χ1) is 14.1. The van der Waals surface area contributed by atoms with Crippen molar-refractivity contribution in [3.05, 3.63) is 0 Å². The molecule has 5 aliphatic rings. The van der Waals surface area contributed by atoms with E-state index >= 15 is 0 Å². The molecule has 4 bridgehead atoms. The number of ether oxygens (including phenoxy) is 2. The van der Waals surface area contributed by atoms with Crippen LogP contribution < -0.4 is 5.26 Å². The first kappa shape index (κ1) is 22.3. The van der Waals surface area contributed by atoms with Crippen molar-refractivity contribution in [1.82, 2.24) is 0 Å². The molecule has 5 aliphatic carbocycles. The second-order valence-corrected chi connectivity index (χ2v) is 11.1. The zero-order chi connectivity index (χ0) is 21.6. The van der Waals surface area contributed by atoms with Gasteiger partial charge >= 0.3 is 17.2 Å². The lowest BCUT2D eigenvalue weighted by Gasteiger charge is -2.61. The Balaban J connectivity index is 1.41. The number of hydrogen-bond donors (Lipinski definition) is 0. The van der Waals surface area contributed by atoms with E-state index in [9.17, 15) is 23.6 Å². The van der Waals surface area contributed by atoms with Crippen molar-refractivity contribution in [1.29, 1.82) is 0 Å². The fourth-order valence-corrected chi connectivity index (χ4v) is 7.04. The first-order valence-electron chi connectivity index (χ1n) is 10.9. The molecule has 0 aliphatic heterocycles. The minimum Gasteiger partial charge on any atom is -0.710 e. The van der Waals surface area contributed by atoms with Crippen LogP contribution in [0.15, 0.2) is 0 Å². The van der Waals surface area contributed by atoms with E-state index in [2.05, 4.69) is 11.3 Å². The summed E-state index contributed by atoms with van der Waals surface area (Å²) in [6.07, 6.45) is 8.59. The minimum atomic E-state index is -4.04. The van der Waals surface area contributed by atoms with Gasteiger partial charge in [-0.15, -0.1) is 0 Å². The van der Waals surface area contributed by atoms with E-state index in [-0.39, 0.29) is 18.5 Å². The van der Waals surface area contributed by atoms with Gasteiger partial charge in [0.25, 0.3) is 0 Å². The quantitative estimate of drug-likeness (QED) is 0.254. The fourth-order valence-electron chi connectivity index (χ4n) is 6.82. The second-order valence-electron chi connectivity index (χ2n) is 10.3. The molecule has 5 saturated carbocycles. The van der Waals surface area contributed by atoms with Gasteiger partial charge in [-0.1, -0.05) is 6.92 Å². The van der Waals surface area contributed by atoms with Crippen molar-refractivity contribution in [3.63, 3.8) is 0 Å². The highest BCUT2D eigenvalue weighted by molar-refractivity contribution is 7.96. The molecular weight excluding hydrogens is 418 g/mol. The van der Waals surface area contributed by atoms with Crippen LogP contribution in [0.1, 0.15) is 71.1 Å². The number of esters is 2. The monoisotopic (exact) mass is 447 g/mol. The van der Waals surface area contributed by atoms with Crippen molar-refractivity contribution in [3.8, 4) is 0 Å². The van der Waals surface area contributed by atoms with Gasteiger partial charge in [0.1, 0.15) is 5.60 Å². The smallest absolute Gasteiger partial charge is 0.412 e. The van der Waals surface area contributed by atoms with Gasteiger partial charge in [0.15, 0.2) is 0 Å². The van der Waals surface area contributed by atoms with Crippen LogP contribution in [-0.4, -0.2) is 29.4 Å². The molecule has 6 nitrogen and oxygen atoms in total. The number of halogens is 2. The summed E-state index contributed by atoms with van der Waals surface area (Å²) < 4.78 is 41.3. The third-order valence-electron chi connectivity index (χ3n) is 7.68. The Kier molecular flexibility index (Phi) is 6.09. The van der Waals surface area contributed by atoms with Crippen molar-refractivity contribution in [2.24, 2.45) is 29.1 Å². The fraction of sp³-hybridized carbons (Fsp3) is 0.905. The van der Waals surface area contributed by atoms with E-state index in [1.54, 1.807) is 0 Å². The van der Waals surface area contributed by atoms with E-state index in [1.807, 2.05) is 0 Å². The van der Waals surface area contributed by atoms with Gasteiger partial charge in [0, 0.05) is 5.41 Å². The molecule has 0 amide bonds. The number of carbonyl (C=O) groups excluding carboxylic acids is 2. The van der Waals surface area contributed by atoms with Crippen LogP contribution in [0.3, 0.4) is 0 Å². The highest BCUT2D eigenvalue weighted by Gasteiger charge is 2.60. The summed E-state index contributed by atoms with van der Waals surface area (Å²) in [4.78, 5) is 24.7. The van der Waals surface area contributed by atoms with Crippen LogP contribution in [0.25, 0.3) is 0 Å². The van der Waals surface area contributed by atoms with Crippen LogP contribution in [0, 0.1) is 29.1 Å². The molecule has 5 rings (SSSR count). The second kappa shape index (κ2) is 8.20. The normalized spacial score (nSPS) is 40.3. The molecule has 0 aromatic rings. The maximum absolute atomic E-state index is 13.6. The maximum Gasteiger partial charge on any atom is 0.412 e. The zero-order valence-electron chi connectivity index (χ0n) is 17.2. The summed E-state index contributed by atoms with van der Waals surface area (Å²) in [5, 5.41) is 5.96. The Bertz CT molecular complexity index is 664. The Morgan fingerprint density at radius 1 is 1.10 bits per heavy atom. The Morgan fingerprint density at radius 2 is 1.73 bits per heavy atom. The molecule has 0 radical (unpaired) electrons. The van der Waals surface area contributed by atoms with Crippen LogP contribution in [0.4, 0.5) is 8.78 Å². The summed E-state index contributed by atoms with van der Waals surface area (Å²) in [5.74, 6) is -0.582. The van der Waals surface area contributed by atoms with Crippen molar-refractivity contribution < 1.29 is 37.4 Å². The number of carbonyl (C=O) groups is 2. The zero-order valence-corrected chi connectivity index (χ0v) is 18.0. The summed E-state index contributed by atoms with van der Waals surface area (Å²) in [5.41, 5.74) is -1.01. The van der Waals surface area contributed by atoms with E-state index in [0.29, 0.717) is 24.2 Å². The average molecular weight is 448 g/mol. The van der Waals surface area contributed by atoms with Gasteiger partial charge in [-0.25, -0.2) is 4.79 Å². The molecule has 9 heteroatoms. The molecule has 0 aromatic heterocycles. The van der Waals surface area contributed by atoms with Gasteiger partial charge in [-0.2, -0.15) is 8.78 Å². The van der Waals surface area contributed by atoms with E-state index in [1.165, 1.54) is 0 Å². The predicted molar refractivity (Wildman–Crippen MR) is 102 cm³/mol. The van der Waals surface area contributed by atoms with E-state index < -0.39 is 34.3 Å². The SMILES string of the molecule is CC1CCC(C(=O)OC23CC4CC(CC(COC(=O)C(F)(F)SO[O-])(C4)C2)C3)CC1. The summed E-state index contributed by atoms with van der Waals surface area (Å²) >= 11 is -0.751. The molecule has 5 fully saturated rings. The molecule has 0 heterocycles. The molecule has 170 valence electrons. The lowest BCUT2D eigenvalue weighted by atomic mass is 9.48.